The minimum absolute atomic E-state index is 0.471. The number of rotatable bonds is 3. The van der Waals surface area contributed by atoms with Crippen molar-refractivity contribution < 1.29 is 0 Å². The van der Waals surface area contributed by atoms with Gasteiger partial charge in [0, 0.05) is 29.3 Å². The van der Waals surface area contributed by atoms with Crippen LogP contribution in [0.5, 0.6) is 0 Å². The van der Waals surface area contributed by atoms with Crippen molar-refractivity contribution in [2.75, 3.05) is 25.0 Å². The summed E-state index contributed by atoms with van der Waals surface area (Å²) in [4.78, 5) is 2.30. The van der Waals surface area contributed by atoms with E-state index in [1.54, 1.807) is 0 Å². The molecule has 1 saturated heterocycles. The summed E-state index contributed by atoms with van der Waals surface area (Å²) < 4.78 is 0.942. The van der Waals surface area contributed by atoms with Crippen LogP contribution in [-0.2, 0) is 0 Å². The van der Waals surface area contributed by atoms with Gasteiger partial charge in [-0.25, -0.2) is 0 Å². The molecule has 0 aliphatic carbocycles. The van der Waals surface area contributed by atoms with Crippen molar-refractivity contribution in [1.29, 1.82) is 5.26 Å². The van der Waals surface area contributed by atoms with E-state index in [-0.39, 0.29) is 0 Å². The number of piperidine rings is 1. The number of halogens is 1. The van der Waals surface area contributed by atoms with Crippen molar-refractivity contribution in [2.45, 2.75) is 18.9 Å². The molecule has 0 aromatic heterocycles. The highest BCUT2D eigenvalue weighted by molar-refractivity contribution is 9.10. The molecule has 0 radical (unpaired) electrons. The third kappa shape index (κ3) is 3.73. The second kappa shape index (κ2) is 6.61. The van der Waals surface area contributed by atoms with E-state index >= 15 is 0 Å². The lowest BCUT2D eigenvalue weighted by atomic mass is 10.0. The van der Waals surface area contributed by atoms with Crippen LogP contribution in [0.1, 0.15) is 18.4 Å². The van der Waals surface area contributed by atoms with Crippen molar-refractivity contribution >= 4 is 21.6 Å². The number of nitriles is 1. The summed E-state index contributed by atoms with van der Waals surface area (Å²) in [5.41, 5.74) is 1.72. The molecule has 0 bridgehead atoms. The van der Waals surface area contributed by atoms with Crippen molar-refractivity contribution in [3.8, 4) is 18.4 Å². The first-order chi connectivity index (χ1) is 9.22. The maximum absolute atomic E-state index is 8.84. The van der Waals surface area contributed by atoms with E-state index in [0.29, 0.717) is 11.6 Å². The summed E-state index contributed by atoms with van der Waals surface area (Å²) in [6.45, 7) is 2.82. The lowest BCUT2D eigenvalue weighted by Crippen LogP contribution is -2.39. The van der Waals surface area contributed by atoms with E-state index in [2.05, 4.69) is 38.1 Å². The van der Waals surface area contributed by atoms with Crippen molar-refractivity contribution in [3.05, 3.63) is 28.2 Å². The average Bonchev–Trinajstić information content (AvgIpc) is 2.43. The van der Waals surface area contributed by atoms with Gasteiger partial charge in [0.2, 0.25) is 0 Å². The van der Waals surface area contributed by atoms with Gasteiger partial charge in [0.1, 0.15) is 0 Å². The molecule has 1 aliphatic heterocycles. The maximum atomic E-state index is 8.84. The molecule has 4 heteroatoms. The first kappa shape index (κ1) is 13.9. The zero-order chi connectivity index (χ0) is 13.7. The van der Waals surface area contributed by atoms with Gasteiger partial charge in [-0.2, -0.15) is 5.26 Å². The van der Waals surface area contributed by atoms with E-state index < -0.39 is 0 Å². The SMILES string of the molecule is C#CCN1CCC(Nc2ccc(C#N)cc2Br)CC1. The van der Waals surface area contributed by atoms with E-state index in [4.69, 9.17) is 11.7 Å². The smallest absolute Gasteiger partial charge is 0.0992 e. The van der Waals surface area contributed by atoms with Crippen LogP contribution in [0.2, 0.25) is 0 Å². The highest BCUT2D eigenvalue weighted by Gasteiger charge is 2.18. The van der Waals surface area contributed by atoms with Crippen molar-refractivity contribution in [1.82, 2.24) is 4.90 Å². The molecule has 0 saturated carbocycles. The molecule has 0 atom stereocenters. The molecule has 0 amide bonds. The van der Waals surface area contributed by atoms with Crippen LogP contribution in [0.15, 0.2) is 22.7 Å². The molecule has 1 aliphatic rings. The Morgan fingerprint density at radius 3 is 2.74 bits per heavy atom. The fraction of sp³-hybridized carbons (Fsp3) is 0.400. The quantitative estimate of drug-likeness (QED) is 0.871. The number of nitrogens with zero attached hydrogens (tertiary/aromatic N) is 2. The molecular weight excluding hydrogens is 302 g/mol. The first-order valence-corrected chi connectivity index (χ1v) is 7.14. The van der Waals surface area contributed by atoms with Crippen LogP contribution in [0.4, 0.5) is 5.69 Å². The molecular formula is C15H16BrN3. The Hall–Kier alpha value is -1.49. The molecule has 1 N–H and O–H groups in total. The van der Waals surface area contributed by atoms with Gasteiger partial charge >= 0.3 is 0 Å². The Bertz CT molecular complexity index is 519. The molecule has 19 heavy (non-hydrogen) atoms. The van der Waals surface area contributed by atoms with Gasteiger partial charge in [-0.1, -0.05) is 5.92 Å². The Morgan fingerprint density at radius 1 is 1.42 bits per heavy atom. The highest BCUT2D eigenvalue weighted by atomic mass is 79.9. The second-order valence-corrected chi connectivity index (χ2v) is 5.56. The van der Waals surface area contributed by atoms with Crippen LogP contribution in [-0.4, -0.2) is 30.6 Å². The van der Waals surface area contributed by atoms with Crippen LogP contribution in [0, 0.1) is 23.7 Å². The number of nitrogens with one attached hydrogen (secondary N) is 1. The lowest BCUT2D eigenvalue weighted by Gasteiger charge is -2.31. The Kier molecular flexibility index (Phi) is 4.85. The predicted octanol–water partition coefficient (Wildman–Crippen LogP) is 2.83. The summed E-state index contributed by atoms with van der Waals surface area (Å²) in [5.74, 6) is 2.69. The predicted molar refractivity (Wildman–Crippen MR) is 80.8 cm³/mol. The molecule has 3 nitrogen and oxygen atoms in total. The van der Waals surface area contributed by atoms with Gasteiger partial charge in [0.05, 0.1) is 18.2 Å². The Morgan fingerprint density at radius 2 is 2.16 bits per heavy atom. The van der Waals surface area contributed by atoms with Gasteiger partial charge < -0.3 is 5.32 Å². The number of anilines is 1. The van der Waals surface area contributed by atoms with E-state index in [1.807, 2.05) is 18.2 Å². The topological polar surface area (TPSA) is 39.1 Å². The number of hydrogen-bond donors (Lipinski definition) is 1. The molecule has 1 fully saturated rings. The molecule has 98 valence electrons. The van der Waals surface area contributed by atoms with Gasteiger partial charge in [-0.05, 0) is 47.0 Å². The molecule has 1 aromatic carbocycles. The number of hydrogen-bond acceptors (Lipinski definition) is 3. The van der Waals surface area contributed by atoms with E-state index in [9.17, 15) is 0 Å². The zero-order valence-corrected chi connectivity index (χ0v) is 12.3. The fourth-order valence-electron chi connectivity index (χ4n) is 2.29. The normalized spacial score (nSPS) is 16.6. The summed E-state index contributed by atoms with van der Waals surface area (Å²) in [7, 11) is 0. The van der Waals surface area contributed by atoms with Gasteiger partial charge in [0.15, 0.2) is 0 Å². The second-order valence-electron chi connectivity index (χ2n) is 4.71. The zero-order valence-electron chi connectivity index (χ0n) is 10.7. The summed E-state index contributed by atoms with van der Waals surface area (Å²) in [5, 5.41) is 12.4. The molecule has 1 aromatic rings. The van der Waals surface area contributed by atoms with Crippen molar-refractivity contribution in [3.63, 3.8) is 0 Å². The summed E-state index contributed by atoms with van der Waals surface area (Å²) in [6, 6.07) is 8.24. The number of benzene rings is 1. The molecule has 0 spiro atoms. The monoisotopic (exact) mass is 317 g/mol. The third-order valence-electron chi connectivity index (χ3n) is 3.36. The lowest BCUT2D eigenvalue weighted by molar-refractivity contribution is 0.243. The van der Waals surface area contributed by atoms with Crippen LogP contribution in [0.3, 0.4) is 0 Å². The summed E-state index contributed by atoms with van der Waals surface area (Å²) >= 11 is 3.50. The van der Waals surface area contributed by atoms with Crippen LogP contribution >= 0.6 is 15.9 Å². The van der Waals surface area contributed by atoms with Crippen LogP contribution < -0.4 is 5.32 Å². The highest BCUT2D eigenvalue weighted by Crippen LogP contribution is 2.26. The average molecular weight is 318 g/mol. The Balaban J connectivity index is 1.93. The van der Waals surface area contributed by atoms with Crippen molar-refractivity contribution in [2.24, 2.45) is 0 Å². The number of likely N-dealkylation sites (tertiary alicyclic amines) is 1. The molecule has 0 unspecified atom stereocenters. The third-order valence-corrected chi connectivity index (χ3v) is 4.02. The minimum atomic E-state index is 0.471. The summed E-state index contributed by atoms with van der Waals surface area (Å²) in [6.07, 6.45) is 7.51. The number of terminal acetylenes is 1. The van der Waals surface area contributed by atoms with Gasteiger partial charge in [0.25, 0.3) is 0 Å². The maximum Gasteiger partial charge on any atom is 0.0992 e. The minimum Gasteiger partial charge on any atom is -0.381 e. The molecule has 2 rings (SSSR count). The first-order valence-electron chi connectivity index (χ1n) is 6.35. The molecule has 1 heterocycles. The van der Waals surface area contributed by atoms with E-state index in [1.165, 1.54) is 0 Å². The fourth-order valence-corrected chi connectivity index (χ4v) is 2.78. The standard InChI is InChI=1S/C15H16BrN3/c1-2-7-19-8-5-13(6-9-19)18-15-4-3-12(11-17)10-14(15)16/h1,3-4,10,13,18H,5-9H2. The largest absolute Gasteiger partial charge is 0.381 e. The van der Waals surface area contributed by atoms with Gasteiger partial charge in [-0.15, -0.1) is 6.42 Å². The van der Waals surface area contributed by atoms with E-state index in [0.717, 1.165) is 42.6 Å². The Labute approximate surface area is 122 Å². The van der Waals surface area contributed by atoms with Gasteiger partial charge in [-0.3, -0.25) is 4.90 Å². The van der Waals surface area contributed by atoms with Crippen LogP contribution in [0.25, 0.3) is 0 Å².